The van der Waals surface area contributed by atoms with Crippen molar-refractivity contribution < 1.29 is 0 Å². The highest BCUT2D eigenvalue weighted by atomic mass is 35.5. The van der Waals surface area contributed by atoms with Gasteiger partial charge >= 0.3 is 0 Å². The van der Waals surface area contributed by atoms with Gasteiger partial charge < -0.3 is 5.32 Å². The molecule has 0 atom stereocenters. The minimum atomic E-state index is 0.296. The van der Waals surface area contributed by atoms with Crippen molar-refractivity contribution in [1.29, 1.82) is 0 Å². The SMILES string of the molecule is CCNCC1(c2cccc(Cl)c2)CC(C)(C)C1. The second-order valence-electron chi connectivity index (χ2n) is 6.09. The van der Waals surface area contributed by atoms with Crippen LogP contribution in [0, 0.1) is 5.41 Å². The first kappa shape index (κ1) is 12.9. The molecule has 1 nitrogen and oxygen atoms in total. The number of likely N-dealkylation sites (N-methyl/N-ethyl adjacent to an activating group) is 1. The molecule has 2 heteroatoms. The van der Waals surface area contributed by atoms with Crippen molar-refractivity contribution in [1.82, 2.24) is 5.32 Å². The first-order valence-corrected chi connectivity index (χ1v) is 6.82. The van der Waals surface area contributed by atoms with E-state index >= 15 is 0 Å². The molecule has 1 aromatic rings. The summed E-state index contributed by atoms with van der Waals surface area (Å²) in [6.45, 7) is 8.95. The highest BCUT2D eigenvalue weighted by Crippen LogP contribution is 2.55. The fraction of sp³-hybridized carbons (Fsp3) is 0.600. The minimum absolute atomic E-state index is 0.296. The van der Waals surface area contributed by atoms with E-state index in [4.69, 9.17) is 11.6 Å². The summed E-state index contributed by atoms with van der Waals surface area (Å²) in [6.07, 6.45) is 2.49. The lowest BCUT2D eigenvalue weighted by Gasteiger charge is -2.54. The van der Waals surface area contributed by atoms with Gasteiger partial charge in [-0.3, -0.25) is 0 Å². The van der Waals surface area contributed by atoms with Gasteiger partial charge in [0.15, 0.2) is 0 Å². The molecule has 0 unspecified atom stereocenters. The van der Waals surface area contributed by atoms with E-state index in [0.717, 1.165) is 18.1 Å². The van der Waals surface area contributed by atoms with Gasteiger partial charge in [0, 0.05) is 17.0 Å². The highest BCUT2D eigenvalue weighted by molar-refractivity contribution is 6.30. The summed E-state index contributed by atoms with van der Waals surface area (Å²) in [5.41, 5.74) is 2.16. The molecule has 0 aliphatic heterocycles. The van der Waals surface area contributed by atoms with E-state index in [1.165, 1.54) is 18.4 Å². The minimum Gasteiger partial charge on any atom is -0.316 e. The number of halogens is 1. The first-order valence-electron chi connectivity index (χ1n) is 6.44. The molecule has 2 rings (SSSR count). The summed E-state index contributed by atoms with van der Waals surface area (Å²) in [4.78, 5) is 0. The predicted molar refractivity (Wildman–Crippen MR) is 74.7 cm³/mol. The molecule has 1 saturated carbocycles. The lowest BCUT2D eigenvalue weighted by Crippen LogP contribution is -2.52. The molecular formula is C15H22ClN. The number of hydrogen-bond acceptors (Lipinski definition) is 1. The molecule has 0 aromatic heterocycles. The van der Waals surface area contributed by atoms with Crippen LogP contribution in [0.3, 0.4) is 0 Å². The van der Waals surface area contributed by atoms with Gasteiger partial charge in [-0.25, -0.2) is 0 Å². The molecule has 94 valence electrons. The molecule has 1 aliphatic rings. The number of rotatable bonds is 4. The van der Waals surface area contributed by atoms with Gasteiger partial charge in [-0.2, -0.15) is 0 Å². The van der Waals surface area contributed by atoms with Gasteiger partial charge in [-0.15, -0.1) is 0 Å². The Hall–Kier alpha value is -0.530. The van der Waals surface area contributed by atoms with Gasteiger partial charge in [0.1, 0.15) is 0 Å². The molecule has 0 amide bonds. The summed E-state index contributed by atoms with van der Waals surface area (Å²) in [5.74, 6) is 0. The standard InChI is InChI=1S/C15H22ClN/c1-4-17-11-15(9-14(2,3)10-15)12-6-5-7-13(16)8-12/h5-8,17H,4,9-11H2,1-3H3. The summed E-state index contributed by atoms with van der Waals surface area (Å²) in [5, 5.41) is 4.35. The lowest BCUT2D eigenvalue weighted by molar-refractivity contribution is 0.0567. The quantitative estimate of drug-likeness (QED) is 0.853. The Bertz CT molecular complexity index is 390. The zero-order chi connectivity index (χ0) is 12.5. The molecule has 0 heterocycles. The highest BCUT2D eigenvalue weighted by Gasteiger charge is 2.49. The van der Waals surface area contributed by atoms with Crippen LogP contribution in [0.25, 0.3) is 0 Å². The van der Waals surface area contributed by atoms with Gasteiger partial charge in [-0.05, 0) is 42.5 Å². The Morgan fingerprint density at radius 2 is 2.00 bits per heavy atom. The summed E-state index contributed by atoms with van der Waals surface area (Å²) in [6, 6.07) is 8.37. The van der Waals surface area contributed by atoms with Crippen LogP contribution in [0.1, 0.15) is 39.2 Å². The summed E-state index contributed by atoms with van der Waals surface area (Å²) in [7, 11) is 0. The predicted octanol–water partition coefficient (Wildman–Crippen LogP) is 4.01. The second kappa shape index (κ2) is 4.62. The Kier molecular flexibility index (Phi) is 3.51. The van der Waals surface area contributed by atoms with E-state index in [1.807, 2.05) is 6.07 Å². The Morgan fingerprint density at radius 3 is 2.53 bits per heavy atom. The second-order valence-corrected chi connectivity index (χ2v) is 6.53. The van der Waals surface area contributed by atoms with Gasteiger partial charge in [-0.1, -0.05) is 44.5 Å². The number of hydrogen-bond donors (Lipinski definition) is 1. The zero-order valence-electron chi connectivity index (χ0n) is 11.0. The van der Waals surface area contributed by atoms with E-state index < -0.39 is 0 Å². The van der Waals surface area contributed by atoms with Crippen LogP contribution in [-0.2, 0) is 5.41 Å². The molecule has 1 N–H and O–H groups in total. The van der Waals surface area contributed by atoms with E-state index in [-0.39, 0.29) is 0 Å². The van der Waals surface area contributed by atoms with Gasteiger partial charge in [0.25, 0.3) is 0 Å². The third kappa shape index (κ3) is 2.66. The molecule has 17 heavy (non-hydrogen) atoms. The van der Waals surface area contributed by atoms with Gasteiger partial charge in [0.2, 0.25) is 0 Å². The van der Waals surface area contributed by atoms with Crippen LogP contribution in [0.4, 0.5) is 0 Å². The largest absolute Gasteiger partial charge is 0.316 e. The van der Waals surface area contributed by atoms with E-state index in [0.29, 0.717) is 10.8 Å². The van der Waals surface area contributed by atoms with E-state index in [9.17, 15) is 0 Å². The Balaban J connectivity index is 2.23. The van der Waals surface area contributed by atoms with Crippen molar-refractivity contribution in [3.05, 3.63) is 34.9 Å². The van der Waals surface area contributed by atoms with Crippen LogP contribution in [0.5, 0.6) is 0 Å². The van der Waals surface area contributed by atoms with Crippen molar-refractivity contribution in [2.45, 2.75) is 39.0 Å². The van der Waals surface area contributed by atoms with Crippen molar-refractivity contribution >= 4 is 11.6 Å². The maximum absolute atomic E-state index is 6.12. The number of nitrogens with one attached hydrogen (secondary N) is 1. The molecule has 0 saturated heterocycles. The van der Waals surface area contributed by atoms with Crippen LogP contribution in [-0.4, -0.2) is 13.1 Å². The molecule has 0 spiro atoms. The van der Waals surface area contributed by atoms with Crippen LogP contribution in [0.2, 0.25) is 5.02 Å². The molecular weight excluding hydrogens is 230 g/mol. The molecule has 1 aromatic carbocycles. The average Bonchev–Trinajstić information content (AvgIpc) is 2.23. The maximum atomic E-state index is 6.12. The molecule has 0 bridgehead atoms. The zero-order valence-corrected chi connectivity index (χ0v) is 11.8. The van der Waals surface area contributed by atoms with Crippen LogP contribution < -0.4 is 5.32 Å². The fourth-order valence-electron chi connectivity index (χ4n) is 3.39. The third-order valence-corrected chi connectivity index (χ3v) is 4.02. The lowest BCUT2D eigenvalue weighted by atomic mass is 9.52. The van der Waals surface area contributed by atoms with Crippen LogP contribution in [0.15, 0.2) is 24.3 Å². The summed E-state index contributed by atoms with van der Waals surface area (Å²) >= 11 is 6.12. The van der Waals surface area contributed by atoms with Crippen molar-refractivity contribution in [3.8, 4) is 0 Å². The van der Waals surface area contributed by atoms with Crippen molar-refractivity contribution in [3.63, 3.8) is 0 Å². The first-order chi connectivity index (χ1) is 7.97. The Morgan fingerprint density at radius 1 is 1.29 bits per heavy atom. The van der Waals surface area contributed by atoms with E-state index in [1.54, 1.807) is 0 Å². The fourth-order valence-corrected chi connectivity index (χ4v) is 3.58. The summed E-state index contributed by atoms with van der Waals surface area (Å²) < 4.78 is 0. The monoisotopic (exact) mass is 251 g/mol. The smallest absolute Gasteiger partial charge is 0.0408 e. The topological polar surface area (TPSA) is 12.0 Å². The van der Waals surface area contributed by atoms with Crippen molar-refractivity contribution in [2.75, 3.05) is 13.1 Å². The average molecular weight is 252 g/mol. The number of benzene rings is 1. The molecule has 0 radical (unpaired) electrons. The third-order valence-electron chi connectivity index (χ3n) is 3.78. The Labute approximate surface area is 110 Å². The van der Waals surface area contributed by atoms with Crippen molar-refractivity contribution in [2.24, 2.45) is 5.41 Å². The normalized spacial score (nSPS) is 20.9. The molecule has 1 aliphatic carbocycles. The van der Waals surface area contributed by atoms with E-state index in [2.05, 4.69) is 44.3 Å². The molecule has 1 fully saturated rings. The maximum Gasteiger partial charge on any atom is 0.0408 e. The van der Waals surface area contributed by atoms with Crippen LogP contribution >= 0.6 is 11.6 Å². The van der Waals surface area contributed by atoms with Gasteiger partial charge in [0.05, 0.1) is 0 Å².